The van der Waals surface area contributed by atoms with E-state index in [0.29, 0.717) is 39.7 Å². The number of ketones is 1. The van der Waals surface area contributed by atoms with Crippen molar-refractivity contribution in [1.29, 1.82) is 0 Å². The van der Waals surface area contributed by atoms with Crippen LogP contribution in [0.3, 0.4) is 0 Å². The van der Waals surface area contributed by atoms with Crippen molar-refractivity contribution in [1.82, 2.24) is 10.2 Å². The van der Waals surface area contributed by atoms with Gasteiger partial charge < -0.3 is 13.9 Å². The molecular formula is C22H24N2O4S. The summed E-state index contributed by atoms with van der Waals surface area (Å²) < 4.78 is 16.3. The zero-order chi connectivity index (χ0) is 20.8. The van der Waals surface area contributed by atoms with E-state index < -0.39 is 0 Å². The minimum Gasteiger partial charge on any atom is -0.497 e. The molecule has 1 atom stereocenters. The fourth-order valence-corrected chi connectivity index (χ4v) is 3.45. The van der Waals surface area contributed by atoms with Gasteiger partial charge in [0.1, 0.15) is 11.5 Å². The Morgan fingerprint density at radius 1 is 1.10 bits per heavy atom. The van der Waals surface area contributed by atoms with E-state index in [-0.39, 0.29) is 11.5 Å². The van der Waals surface area contributed by atoms with Crippen LogP contribution in [0, 0.1) is 0 Å². The molecule has 0 amide bonds. The molecule has 0 unspecified atom stereocenters. The molecule has 2 aromatic carbocycles. The molecule has 6 nitrogen and oxygen atoms in total. The van der Waals surface area contributed by atoms with Crippen LogP contribution in [0.2, 0.25) is 0 Å². The Labute approximate surface area is 174 Å². The molecule has 7 heteroatoms. The van der Waals surface area contributed by atoms with Gasteiger partial charge in [-0.25, -0.2) is 0 Å². The van der Waals surface area contributed by atoms with Crippen molar-refractivity contribution in [3.05, 3.63) is 53.6 Å². The Kier molecular flexibility index (Phi) is 6.93. The van der Waals surface area contributed by atoms with Gasteiger partial charge in [-0.05, 0) is 30.0 Å². The van der Waals surface area contributed by atoms with Crippen molar-refractivity contribution >= 4 is 17.5 Å². The van der Waals surface area contributed by atoms with Gasteiger partial charge in [-0.1, -0.05) is 49.9 Å². The number of aromatic nitrogens is 2. The Bertz CT molecular complexity index is 969. The van der Waals surface area contributed by atoms with Gasteiger partial charge >= 0.3 is 0 Å². The third kappa shape index (κ3) is 4.98. The van der Waals surface area contributed by atoms with E-state index in [9.17, 15) is 4.79 Å². The first-order chi connectivity index (χ1) is 14.0. The third-order valence-corrected chi connectivity index (χ3v) is 5.60. The zero-order valence-corrected chi connectivity index (χ0v) is 17.8. The first-order valence-corrected chi connectivity index (χ1v) is 10.4. The molecule has 3 aromatic rings. The van der Waals surface area contributed by atoms with Gasteiger partial charge in [0.25, 0.3) is 11.1 Å². The number of benzene rings is 2. The van der Waals surface area contributed by atoms with Crippen LogP contribution >= 0.6 is 11.8 Å². The van der Waals surface area contributed by atoms with Crippen molar-refractivity contribution in [2.24, 2.45) is 0 Å². The van der Waals surface area contributed by atoms with Gasteiger partial charge in [-0.2, -0.15) is 0 Å². The summed E-state index contributed by atoms with van der Waals surface area (Å²) in [7, 11) is 3.15. The molecule has 0 N–H and O–H groups in total. The van der Waals surface area contributed by atoms with Crippen LogP contribution in [-0.4, -0.2) is 36.0 Å². The second kappa shape index (κ2) is 9.60. The second-order valence-electron chi connectivity index (χ2n) is 6.58. The van der Waals surface area contributed by atoms with E-state index in [1.54, 1.807) is 32.4 Å². The minimum absolute atomic E-state index is 0.0208. The van der Waals surface area contributed by atoms with Crippen LogP contribution in [0.5, 0.6) is 11.5 Å². The number of nitrogens with zero attached hydrogens (tertiary/aromatic N) is 2. The van der Waals surface area contributed by atoms with E-state index >= 15 is 0 Å². The molecular weight excluding hydrogens is 388 g/mol. The highest BCUT2D eigenvalue weighted by Crippen LogP contribution is 2.33. The number of carbonyl (C=O) groups is 1. The van der Waals surface area contributed by atoms with Gasteiger partial charge in [-0.3, -0.25) is 4.79 Å². The predicted molar refractivity (Wildman–Crippen MR) is 113 cm³/mol. The van der Waals surface area contributed by atoms with Gasteiger partial charge in [-0.15, -0.1) is 10.2 Å². The molecule has 0 bridgehead atoms. The molecule has 0 aliphatic heterocycles. The topological polar surface area (TPSA) is 74.5 Å². The maximum Gasteiger partial charge on any atom is 0.277 e. The molecule has 0 fully saturated rings. The zero-order valence-electron chi connectivity index (χ0n) is 17.0. The predicted octanol–water partition coefficient (Wildman–Crippen LogP) is 5.24. The average molecular weight is 413 g/mol. The maximum atomic E-state index is 12.5. The van der Waals surface area contributed by atoms with Crippen LogP contribution in [0.15, 0.2) is 52.1 Å². The van der Waals surface area contributed by atoms with E-state index in [2.05, 4.69) is 24.0 Å². The quantitative estimate of drug-likeness (QED) is 0.351. The lowest BCUT2D eigenvalue weighted by Gasteiger charge is -2.09. The highest BCUT2D eigenvalue weighted by atomic mass is 32.2. The molecule has 0 saturated heterocycles. The standard InChI is InChI=1S/C22H24N2O4S/c1-5-14(2)15-6-8-16(9-7-15)19(25)13-29-22-24-23-21(28-22)18-11-10-17(26-3)12-20(18)27-4/h6-12,14H,5,13H2,1-4H3/t14-/m1/s1. The molecule has 0 aliphatic carbocycles. The molecule has 0 saturated carbocycles. The Morgan fingerprint density at radius 3 is 2.52 bits per heavy atom. The lowest BCUT2D eigenvalue weighted by Crippen LogP contribution is -2.03. The first kappa shape index (κ1) is 20.9. The highest BCUT2D eigenvalue weighted by Gasteiger charge is 2.16. The summed E-state index contributed by atoms with van der Waals surface area (Å²) in [6.07, 6.45) is 1.07. The lowest BCUT2D eigenvalue weighted by molar-refractivity contribution is 0.102. The molecule has 0 spiro atoms. The molecule has 0 radical (unpaired) electrons. The highest BCUT2D eigenvalue weighted by molar-refractivity contribution is 7.99. The average Bonchev–Trinajstić information content (AvgIpc) is 3.25. The normalized spacial score (nSPS) is 11.9. The number of ether oxygens (including phenoxy) is 2. The summed E-state index contributed by atoms with van der Waals surface area (Å²) in [4.78, 5) is 12.5. The van der Waals surface area contributed by atoms with Crippen molar-refractivity contribution in [3.63, 3.8) is 0 Å². The van der Waals surface area contributed by atoms with Crippen molar-refractivity contribution < 1.29 is 18.7 Å². The van der Waals surface area contributed by atoms with Crippen molar-refractivity contribution in [3.8, 4) is 23.0 Å². The molecule has 0 aliphatic rings. The molecule has 3 rings (SSSR count). The summed E-state index contributed by atoms with van der Waals surface area (Å²) in [5.41, 5.74) is 2.59. The first-order valence-electron chi connectivity index (χ1n) is 9.37. The van der Waals surface area contributed by atoms with Gasteiger partial charge in [0, 0.05) is 11.6 Å². The number of hydrogen-bond acceptors (Lipinski definition) is 7. The Balaban J connectivity index is 1.65. The largest absolute Gasteiger partial charge is 0.497 e. The lowest BCUT2D eigenvalue weighted by atomic mass is 9.97. The molecule has 152 valence electrons. The summed E-state index contributed by atoms with van der Waals surface area (Å²) in [5.74, 6) is 2.31. The van der Waals surface area contributed by atoms with E-state index in [1.807, 2.05) is 24.3 Å². The number of carbonyl (C=O) groups excluding carboxylic acids is 1. The molecule has 1 heterocycles. The summed E-state index contributed by atoms with van der Waals surface area (Å²) in [6, 6.07) is 13.1. The van der Waals surface area contributed by atoms with Crippen LogP contribution in [0.1, 0.15) is 42.1 Å². The second-order valence-corrected chi connectivity index (χ2v) is 7.51. The Hall–Kier alpha value is -2.80. The monoisotopic (exact) mass is 412 g/mol. The van der Waals surface area contributed by atoms with Crippen LogP contribution in [-0.2, 0) is 0 Å². The van der Waals surface area contributed by atoms with E-state index in [4.69, 9.17) is 13.9 Å². The number of Topliss-reactive ketones (excluding diaryl/α,β-unsaturated/α-hetero) is 1. The van der Waals surface area contributed by atoms with E-state index in [0.717, 1.165) is 6.42 Å². The number of hydrogen-bond donors (Lipinski definition) is 0. The maximum absolute atomic E-state index is 12.5. The van der Waals surface area contributed by atoms with Crippen molar-refractivity contribution in [2.45, 2.75) is 31.4 Å². The fourth-order valence-electron chi connectivity index (χ4n) is 2.80. The molecule has 1 aromatic heterocycles. The van der Waals surface area contributed by atoms with E-state index in [1.165, 1.54) is 17.3 Å². The molecule has 29 heavy (non-hydrogen) atoms. The van der Waals surface area contributed by atoms with Crippen LogP contribution < -0.4 is 9.47 Å². The van der Waals surface area contributed by atoms with Gasteiger partial charge in [0.05, 0.1) is 25.5 Å². The summed E-state index contributed by atoms with van der Waals surface area (Å²) >= 11 is 1.22. The van der Waals surface area contributed by atoms with Crippen LogP contribution in [0.25, 0.3) is 11.5 Å². The van der Waals surface area contributed by atoms with Gasteiger partial charge in [0.2, 0.25) is 0 Å². The Morgan fingerprint density at radius 2 is 1.86 bits per heavy atom. The minimum atomic E-state index is 0.0208. The third-order valence-electron chi connectivity index (χ3n) is 4.79. The summed E-state index contributed by atoms with van der Waals surface area (Å²) in [6.45, 7) is 4.33. The number of rotatable bonds is 9. The SMILES string of the molecule is CC[C@@H](C)c1ccc(C(=O)CSc2nnc(-c3ccc(OC)cc3OC)o2)cc1. The van der Waals surface area contributed by atoms with Gasteiger partial charge in [0.15, 0.2) is 5.78 Å². The number of thioether (sulfide) groups is 1. The fraction of sp³-hybridized carbons (Fsp3) is 0.318. The number of methoxy groups -OCH3 is 2. The smallest absolute Gasteiger partial charge is 0.277 e. The summed E-state index contributed by atoms with van der Waals surface area (Å²) in [5, 5.41) is 8.44. The van der Waals surface area contributed by atoms with Crippen molar-refractivity contribution in [2.75, 3.05) is 20.0 Å². The van der Waals surface area contributed by atoms with Crippen LogP contribution in [0.4, 0.5) is 0 Å².